The number of carboxylic acid groups (broad SMARTS) is 1. The number of carbonyl (C=O) groups is 2. The van der Waals surface area contributed by atoms with Crippen LogP contribution in [-0.2, 0) is 14.8 Å². The maximum absolute atomic E-state index is 12.6. The Kier molecular flexibility index (Phi) is 8.85. The quantitative estimate of drug-likeness (QED) is 0.369. The van der Waals surface area contributed by atoms with Gasteiger partial charge in [0.25, 0.3) is 5.91 Å². The van der Waals surface area contributed by atoms with E-state index in [4.69, 9.17) is 0 Å². The molecule has 0 aromatic heterocycles. The zero-order valence-corrected chi connectivity index (χ0v) is 22.2. The lowest BCUT2D eigenvalue weighted by atomic mass is 10.0. The summed E-state index contributed by atoms with van der Waals surface area (Å²) in [4.78, 5) is 33.2. The van der Waals surface area contributed by atoms with Gasteiger partial charge in [0.1, 0.15) is 6.04 Å². The van der Waals surface area contributed by atoms with Crippen LogP contribution < -0.4 is 20.3 Å². The van der Waals surface area contributed by atoms with E-state index >= 15 is 0 Å². The van der Waals surface area contributed by atoms with Gasteiger partial charge >= 0.3 is 5.97 Å². The average molecular weight is 543 g/mol. The number of sulfonamides is 1. The van der Waals surface area contributed by atoms with E-state index in [0.29, 0.717) is 11.6 Å². The molecule has 2 aromatic carbocycles. The summed E-state index contributed by atoms with van der Waals surface area (Å²) in [6, 6.07) is 13.4. The molecule has 0 radical (unpaired) electrons. The first kappa shape index (κ1) is 27.4. The van der Waals surface area contributed by atoms with Crippen molar-refractivity contribution in [2.45, 2.75) is 36.2 Å². The van der Waals surface area contributed by atoms with Crippen LogP contribution in [0.5, 0.6) is 0 Å². The molecule has 1 fully saturated rings. The van der Waals surface area contributed by atoms with E-state index in [-0.39, 0.29) is 4.90 Å². The van der Waals surface area contributed by atoms with Crippen molar-refractivity contribution in [3.05, 3.63) is 60.2 Å². The Bertz CT molecular complexity index is 1240. The maximum Gasteiger partial charge on any atom is 0.323 e. The summed E-state index contributed by atoms with van der Waals surface area (Å²) < 4.78 is 27.1. The normalized spacial score (nSPS) is 17.4. The monoisotopic (exact) mass is 542 g/mol. The Balaban J connectivity index is 1.28. The van der Waals surface area contributed by atoms with E-state index < -0.39 is 34.5 Å². The van der Waals surface area contributed by atoms with Gasteiger partial charge in [0, 0.05) is 57.1 Å². The number of piperidine rings is 1. The molecule has 2 aliphatic heterocycles. The number of carboxylic acids is 1. The maximum atomic E-state index is 12.6. The molecule has 1 atom stereocenters. The Morgan fingerprint density at radius 2 is 1.74 bits per heavy atom. The van der Waals surface area contributed by atoms with Crippen LogP contribution in [0.3, 0.4) is 0 Å². The Morgan fingerprint density at radius 3 is 2.37 bits per heavy atom. The van der Waals surface area contributed by atoms with E-state index in [9.17, 15) is 23.1 Å². The highest BCUT2D eigenvalue weighted by Crippen LogP contribution is 2.21. The van der Waals surface area contributed by atoms with Crippen LogP contribution >= 0.6 is 0 Å². The predicted octanol–water partition coefficient (Wildman–Crippen LogP) is 1.10. The van der Waals surface area contributed by atoms with Gasteiger partial charge in [0.2, 0.25) is 10.0 Å². The molecule has 38 heavy (non-hydrogen) atoms. The number of benzene rings is 2. The SMILES string of the molecule is CN1CCCN=C1NC1CCN(c2ccc(C(=O)NC[C@H](NS(=O)(=O)c3ccccc3)C(=O)O)cc2)CC1. The molecule has 0 spiro atoms. The molecule has 2 aromatic rings. The number of aliphatic imine (C=N–C) groups is 1. The third kappa shape index (κ3) is 7.01. The molecule has 204 valence electrons. The summed E-state index contributed by atoms with van der Waals surface area (Å²) in [7, 11) is -1.99. The molecule has 0 saturated carbocycles. The van der Waals surface area contributed by atoms with Gasteiger partial charge in [-0.3, -0.25) is 14.6 Å². The van der Waals surface area contributed by atoms with Crippen molar-refractivity contribution in [2.75, 3.05) is 44.7 Å². The largest absolute Gasteiger partial charge is 0.480 e. The molecular formula is C26H34N6O5S. The first-order valence-corrected chi connectivity index (χ1v) is 14.2. The van der Waals surface area contributed by atoms with Gasteiger partial charge < -0.3 is 25.5 Å². The fraction of sp³-hybridized carbons (Fsp3) is 0.423. The number of nitrogens with one attached hydrogen (secondary N) is 3. The third-order valence-corrected chi connectivity index (χ3v) is 8.20. The molecule has 2 aliphatic rings. The van der Waals surface area contributed by atoms with Gasteiger partial charge in [-0.1, -0.05) is 18.2 Å². The zero-order chi connectivity index (χ0) is 27.1. The number of hydrogen-bond acceptors (Lipinski definition) is 8. The first-order chi connectivity index (χ1) is 18.2. The molecule has 1 saturated heterocycles. The van der Waals surface area contributed by atoms with E-state index in [1.165, 1.54) is 12.1 Å². The summed E-state index contributed by atoms with van der Waals surface area (Å²) in [6.07, 6.45) is 3.04. The van der Waals surface area contributed by atoms with Crippen LogP contribution in [0, 0.1) is 0 Å². The highest BCUT2D eigenvalue weighted by atomic mass is 32.2. The minimum atomic E-state index is -4.05. The topological polar surface area (TPSA) is 143 Å². The Hall–Kier alpha value is -3.64. The van der Waals surface area contributed by atoms with Gasteiger partial charge in [-0.05, 0) is 55.7 Å². The fourth-order valence-corrected chi connectivity index (χ4v) is 5.70. The van der Waals surface area contributed by atoms with E-state index in [1.54, 1.807) is 30.3 Å². The number of rotatable bonds is 9. The first-order valence-electron chi connectivity index (χ1n) is 12.7. The third-order valence-electron chi connectivity index (χ3n) is 6.71. The molecule has 2 heterocycles. The number of anilines is 1. The minimum Gasteiger partial charge on any atom is -0.480 e. The van der Waals surface area contributed by atoms with E-state index in [0.717, 1.165) is 57.1 Å². The summed E-state index contributed by atoms with van der Waals surface area (Å²) in [5, 5.41) is 15.6. The second kappa shape index (κ2) is 12.3. The van der Waals surface area contributed by atoms with Crippen LogP contribution in [-0.4, -0.2) is 88.1 Å². The number of amides is 1. The molecule has 0 unspecified atom stereocenters. The van der Waals surface area contributed by atoms with Crippen LogP contribution in [0.4, 0.5) is 5.69 Å². The van der Waals surface area contributed by atoms with Gasteiger partial charge in [-0.15, -0.1) is 0 Å². The molecular weight excluding hydrogens is 508 g/mol. The molecule has 11 nitrogen and oxygen atoms in total. The molecule has 4 rings (SSSR count). The second-order valence-corrected chi connectivity index (χ2v) is 11.2. The van der Waals surface area contributed by atoms with Crippen molar-refractivity contribution < 1.29 is 23.1 Å². The number of aliphatic carboxylic acids is 1. The van der Waals surface area contributed by atoms with Crippen LogP contribution in [0.15, 0.2) is 64.5 Å². The second-order valence-electron chi connectivity index (χ2n) is 9.47. The van der Waals surface area contributed by atoms with Crippen LogP contribution in [0.1, 0.15) is 29.6 Å². The average Bonchev–Trinajstić information content (AvgIpc) is 2.93. The number of nitrogens with zero attached hydrogens (tertiary/aromatic N) is 3. The van der Waals surface area contributed by atoms with Crippen LogP contribution in [0.2, 0.25) is 0 Å². The van der Waals surface area contributed by atoms with Crippen molar-refractivity contribution in [2.24, 2.45) is 4.99 Å². The standard InChI is InChI=1S/C26H34N6O5S/c1-31-15-5-14-27-26(31)29-20-12-16-32(17-13-20)21-10-8-19(9-11-21)24(33)28-18-23(25(34)35)30-38(36,37)22-6-3-2-4-7-22/h2-4,6-11,20,23,30H,5,12-18H2,1H3,(H,27,29)(H,28,33)(H,34,35)/t23-/m0/s1. The lowest BCUT2D eigenvalue weighted by molar-refractivity contribution is -0.138. The van der Waals surface area contributed by atoms with Crippen molar-refractivity contribution in [3.8, 4) is 0 Å². The predicted molar refractivity (Wildman–Crippen MR) is 145 cm³/mol. The molecule has 1 amide bonds. The van der Waals surface area contributed by atoms with Crippen molar-refractivity contribution >= 4 is 33.5 Å². The minimum absolute atomic E-state index is 0.0527. The van der Waals surface area contributed by atoms with Gasteiger partial charge in [-0.25, -0.2) is 8.42 Å². The van der Waals surface area contributed by atoms with Crippen molar-refractivity contribution in [1.82, 2.24) is 20.3 Å². The summed E-state index contributed by atoms with van der Waals surface area (Å²) in [6.45, 7) is 3.24. The smallest absolute Gasteiger partial charge is 0.323 e. The van der Waals surface area contributed by atoms with Crippen molar-refractivity contribution in [3.63, 3.8) is 0 Å². The molecule has 12 heteroatoms. The Morgan fingerprint density at radius 1 is 1.05 bits per heavy atom. The lowest BCUT2D eigenvalue weighted by Gasteiger charge is -2.36. The summed E-state index contributed by atoms with van der Waals surface area (Å²) in [5.74, 6) is -0.898. The fourth-order valence-electron chi connectivity index (χ4n) is 4.49. The van der Waals surface area contributed by atoms with Gasteiger partial charge in [-0.2, -0.15) is 4.72 Å². The zero-order valence-electron chi connectivity index (χ0n) is 21.3. The van der Waals surface area contributed by atoms with Gasteiger partial charge in [0.15, 0.2) is 5.96 Å². The number of guanidine groups is 1. The molecule has 0 bridgehead atoms. The summed E-state index contributed by atoms with van der Waals surface area (Å²) >= 11 is 0. The Labute approximate surface area is 223 Å². The van der Waals surface area contributed by atoms with Crippen molar-refractivity contribution in [1.29, 1.82) is 0 Å². The summed E-state index contributed by atoms with van der Waals surface area (Å²) in [5.41, 5.74) is 1.37. The number of carbonyl (C=O) groups excluding carboxylic acids is 1. The van der Waals surface area contributed by atoms with Crippen LogP contribution in [0.25, 0.3) is 0 Å². The molecule has 4 N–H and O–H groups in total. The van der Waals surface area contributed by atoms with E-state index in [2.05, 4.69) is 37.2 Å². The highest BCUT2D eigenvalue weighted by molar-refractivity contribution is 7.89. The molecule has 0 aliphatic carbocycles. The number of hydrogen-bond donors (Lipinski definition) is 4. The van der Waals surface area contributed by atoms with E-state index in [1.807, 2.05) is 12.1 Å². The van der Waals surface area contributed by atoms with Gasteiger partial charge in [0.05, 0.1) is 4.90 Å². The lowest BCUT2D eigenvalue weighted by Crippen LogP contribution is -2.50. The highest BCUT2D eigenvalue weighted by Gasteiger charge is 2.26.